The molecule has 1 aromatic carbocycles. The van der Waals surface area contributed by atoms with Crippen molar-refractivity contribution in [1.29, 1.82) is 5.26 Å². The van der Waals surface area contributed by atoms with Crippen LogP contribution in [-0.2, 0) is 0 Å². The van der Waals surface area contributed by atoms with Crippen LogP contribution in [0.25, 0.3) is 0 Å². The highest BCUT2D eigenvalue weighted by atomic mass is 79.9. The minimum atomic E-state index is -0.496. The highest BCUT2D eigenvalue weighted by molar-refractivity contribution is 9.10. The van der Waals surface area contributed by atoms with Crippen molar-refractivity contribution < 1.29 is 0 Å². The van der Waals surface area contributed by atoms with Gasteiger partial charge in [-0.15, -0.1) is 0 Å². The summed E-state index contributed by atoms with van der Waals surface area (Å²) in [4.78, 5) is 1.96. The van der Waals surface area contributed by atoms with Gasteiger partial charge in [-0.05, 0) is 41.9 Å². The molecule has 0 unspecified atom stereocenters. The molecule has 14 heavy (non-hydrogen) atoms. The molecule has 3 heteroatoms. The van der Waals surface area contributed by atoms with Crippen molar-refractivity contribution >= 4 is 21.6 Å². The van der Waals surface area contributed by atoms with Crippen LogP contribution in [0.1, 0.15) is 13.8 Å². The Hall–Kier alpha value is -1.01. The quantitative estimate of drug-likeness (QED) is 0.809. The molecule has 1 rings (SSSR count). The Balaban J connectivity index is 3.08. The number of hydrogen-bond donors (Lipinski definition) is 0. The highest BCUT2D eigenvalue weighted by Gasteiger charge is 2.24. The van der Waals surface area contributed by atoms with Crippen LogP contribution >= 0.6 is 15.9 Å². The smallest absolute Gasteiger partial charge is 0.121 e. The molecule has 0 saturated carbocycles. The molecule has 0 aliphatic heterocycles. The molecule has 0 amide bonds. The maximum atomic E-state index is 9.01. The third kappa shape index (κ3) is 2.08. The van der Waals surface area contributed by atoms with Crippen LogP contribution in [0.3, 0.4) is 0 Å². The lowest BCUT2D eigenvalue weighted by Gasteiger charge is -2.31. The molecule has 0 atom stereocenters. The summed E-state index contributed by atoms with van der Waals surface area (Å²) in [6.07, 6.45) is 0. The molecule has 74 valence electrons. The van der Waals surface area contributed by atoms with Crippen LogP contribution in [0.5, 0.6) is 0 Å². The predicted octanol–water partition coefficient (Wildman–Crippen LogP) is 3.19. The molecule has 0 saturated heterocycles. The predicted molar refractivity (Wildman–Crippen MR) is 62.2 cm³/mol. The van der Waals surface area contributed by atoms with Gasteiger partial charge in [0.2, 0.25) is 0 Å². The summed E-state index contributed by atoms with van der Waals surface area (Å²) in [6, 6.07) is 10.2. The zero-order chi connectivity index (χ0) is 10.8. The Kier molecular flexibility index (Phi) is 3.17. The average Bonchev–Trinajstić information content (AvgIpc) is 2.17. The monoisotopic (exact) mass is 252 g/mol. The van der Waals surface area contributed by atoms with E-state index in [4.69, 9.17) is 5.26 Å². The fourth-order valence-electron chi connectivity index (χ4n) is 1.10. The van der Waals surface area contributed by atoms with Crippen molar-refractivity contribution in [2.24, 2.45) is 0 Å². The highest BCUT2D eigenvalue weighted by Crippen LogP contribution is 2.29. The maximum Gasteiger partial charge on any atom is 0.121 e. The number of rotatable bonds is 2. The van der Waals surface area contributed by atoms with Crippen LogP contribution in [0.15, 0.2) is 28.7 Å². The number of hydrogen-bond acceptors (Lipinski definition) is 2. The Morgan fingerprint density at radius 2 is 1.93 bits per heavy atom. The Morgan fingerprint density at radius 1 is 1.36 bits per heavy atom. The first kappa shape index (κ1) is 11.1. The largest absolute Gasteiger partial charge is 0.356 e. The van der Waals surface area contributed by atoms with E-state index in [-0.39, 0.29) is 0 Å². The molecule has 0 radical (unpaired) electrons. The molecule has 0 N–H and O–H groups in total. The minimum absolute atomic E-state index is 0.496. The third-order valence-electron chi connectivity index (χ3n) is 2.33. The Morgan fingerprint density at radius 3 is 2.43 bits per heavy atom. The maximum absolute atomic E-state index is 9.01. The molecule has 1 aromatic rings. The van der Waals surface area contributed by atoms with E-state index in [0.717, 1.165) is 10.2 Å². The molecular weight excluding hydrogens is 240 g/mol. The van der Waals surface area contributed by atoms with Crippen molar-refractivity contribution in [3.63, 3.8) is 0 Å². The third-order valence-corrected chi connectivity index (χ3v) is 3.00. The standard InChI is InChI=1S/C11H13BrN2/c1-11(2,8-13)14(3)10-7-5-4-6-9(10)12/h4-7H,1-3H3. The first-order valence-electron chi connectivity index (χ1n) is 4.38. The second kappa shape index (κ2) is 4.02. The van der Waals surface area contributed by atoms with Crippen LogP contribution in [-0.4, -0.2) is 12.6 Å². The summed E-state index contributed by atoms with van der Waals surface area (Å²) in [5, 5.41) is 9.01. The van der Waals surface area contributed by atoms with Crippen LogP contribution in [0.2, 0.25) is 0 Å². The van der Waals surface area contributed by atoms with E-state index in [1.165, 1.54) is 0 Å². The van der Waals surface area contributed by atoms with E-state index in [9.17, 15) is 0 Å². The summed E-state index contributed by atoms with van der Waals surface area (Å²) >= 11 is 3.47. The Labute approximate surface area is 93.3 Å². The van der Waals surface area contributed by atoms with Gasteiger partial charge in [0.1, 0.15) is 5.54 Å². The number of halogens is 1. The molecule has 0 heterocycles. The summed E-state index contributed by atoms with van der Waals surface area (Å²) in [7, 11) is 1.92. The lowest BCUT2D eigenvalue weighted by atomic mass is 10.1. The lowest BCUT2D eigenvalue weighted by Crippen LogP contribution is -2.39. The fraction of sp³-hybridized carbons (Fsp3) is 0.364. The van der Waals surface area contributed by atoms with E-state index in [0.29, 0.717) is 0 Å². The van der Waals surface area contributed by atoms with Crippen molar-refractivity contribution in [1.82, 2.24) is 0 Å². The zero-order valence-corrected chi connectivity index (χ0v) is 10.2. The van der Waals surface area contributed by atoms with Crippen LogP contribution < -0.4 is 4.90 Å². The van der Waals surface area contributed by atoms with Gasteiger partial charge in [0.25, 0.3) is 0 Å². The normalized spacial score (nSPS) is 10.8. The fourth-order valence-corrected chi connectivity index (χ4v) is 1.65. The second-order valence-corrected chi connectivity index (χ2v) is 4.54. The van der Waals surface area contributed by atoms with Crippen molar-refractivity contribution in [3.05, 3.63) is 28.7 Å². The first-order chi connectivity index (χ1) is 6.49. The van der Waals surface area contributed by atoms with Crippen molar-refractivity contribution in [2.75, 3.05) is 11.9 Å². The first-order valence-corrected chi connectivity index (χ1v) is 5.18. The van der Waals surface area contributed by atoms with E-state index in [1.54, 1.807) is 0 Å². The molecule has 0 spiro atoms. The zero-order valence-electron chi connectivity index (χ0n) is 8.58. The molecular formula is C11H13BrN2. The Bertz CT molecular complexity index is 366. The SMILES string of the molecule is CN(c1ccccc1Br)C(C)(C)C#N. The van der Waals surface area contributed by atoms with E-state index < -0.39 is 5.54 Å². The number of benzene rings is 1. The number of para-hydroxylation sites is 1. The van der Waals surface area contributed by atoms with Gasteiger partial charge in [-0.2, -0.15) is 5.26 Å². The van der Waals surface area contributed by atoms with E-state index in [2.05, 4.69) is 22.0 Å². The van der Waals surface area contributed by atoms with Gasteiger partial charge in [0, 0.05) is 11.5 Å². The lowest BCUT2D eigenvalue weighted by molar-refractivity contribution is 0.616. The van der Waals surface area contributed by atoms with Gasteiger partial charge in [0.15, 0.2) is 0 Å². The number of nitriles is 1. The van der Waals surface area contributed by atoms with Crippen LogP contribution in [0, 0.1) is 11.3 Å². The molecule has 0 aliphatic carbocycles. The van der Waals surface area contributed by atoms with Crippen molar-refractivity contribution in [2.45, 2.75) is 19.4 Å². The minimum Gasteiger partial charge on any atom is -0.356 e. The van der Waals surface area contributed by atoms with E-state index in [1.807, 2.05) is 50.1 Å². The van der Waals surface area contributed by atoms with Gasteiger partial charge in [-0.25, -0.2) is 0 Å². The van der Waals surface area contributed by atoms with Gasteiger partial charge in [-0.3, -0.25) is 0 Å². The molecule has 0 bridgehead atoms. The molecule has 2 nitrogen and oxygen atoms in total. The molecule has 0 fully saturated rings. The summed E-state index contributed by atoms with van der Waals surface area (Å²) < 4.78 is 1.01. The van der Waals surface area contributed by atoms with E-state index >= 15 is 0 Å². The summed E-state index contributed by atoms with van der Waals surface area (Å²) in [5.41, 5.74) is 0.531. The van der Waals surface area contributed by atoms with Crippen LogP contribution in [0.4, 0.5) is 5.69 Å². The van der Waals surface area contributed by atoms with Gasteiger partial charge in [-0.1, -0.05) is 12.1 Å². The van der Waals surface area contributed by atoms with Gasteiger partial charge in [0.05, 0.1) is 11.8 Å². The summed E-state index contributed by atoms with van der Waals surface area (Å²) in [6.45, 7) is 3.79. The van der Waals surface area contributed by atoms with Gasteiger partial charge < -0.3 is 4.90 Å². The second-order valence-electron chi connectivity index (χ2n) is 3.68. The van der Waals surface area contributed by atoms with Crippen molar-refractivity contribution in [3.8, 4) is 6.07 Å². The average molecular weight is 253 g/mol. The number of nitrogens with zero attached hydrogens (tertiary/aromatic N) is 2. The number of anilines is 1. The molecule has 0 aliphatic rings. The topological polar surface area (TPSA) is 27.0 Å². The molecule has 0 aromatic heterocycles. The van der Waals surface area contributed by atoms with Gasteiger partial charge >= 0.3 is 0 Å². The summed E-state index contributed by atoms with van der Waals surface area (Å²) in [5.74, 6) is 0.